The van der Waals surface area contributed by atoms with Crippen molar-refractivity contribution in [2.75, 3.05) is 19.5 Å². The Morgan fingerprint density at radius 1 is 1.50 bits per heavy atom. The lowest BCUT2D eigenvalue weighted by atomic mass is 10.1. The molecule has 0 bridgehead atoms. The fraction of sp³-hybridized carbons (Fsp3) is 0.500. The standard InChI is InChI=1S/C12H15N5O5/c1-20-9-8(19)6(2-21-5-18)22-12(9)17-4-16-7-10(13)14-3-15-11(7)17/h3-6,8-9,12,19H,2H2,1H3,(H2,13,14,15). The zero-order chi connectivity index (χ0) is 15.7. The van der Waals surface area contributed by atoms with Crippen LogP contribution in [0.15, 0.2) is 12.7 Å². The lowest BCUT2D eigenvalue weighted by Crippen LogP contribution is -2.35. The molecule has 10 heteroatoms. The minimum Gasteiger partial charge on any atom is -0.465 e. The number of anilines is 1. The number of imidazole rings is 1. The SMILES string of the molecule is COC1C(O)C(COC=O)OC1n1cnc2c(N)ncnc21. The highest BCUT2D eigenvalue weighted by molar-refractivity contribution is 5.81. The molecule has 0 spiro atoms. The second-order valence-corrected chi connectivity index (χ2v) is 4.77. The zero-order valence-electron chi connectivity index (χ0n) is 11.7. The Morgan fingerprint density at radius 3 is 3.05 bits per heavy atom. The molecule has 0 amide bonds. The number of aliphatic hydroxyl groups is 1. The van der Waals surface area contributed by atoms with Crippen molar-refractivity contribution in [1.82, 2.24) is 19.5 Å². The van der Waals surface area contributed by atoms with E-state index in [2.05, 4.69) is 19.7 Å². The van der Waals surface area contributed by atoms with Crippen molar-refractivity contribution in [2.45, 2.75) is 24.5 Å². The number of rotatable bonds is 5. The van der Waals surface area contributed by atoms with Gasteiger partial charge in [-0.05, 0) is 0 Å². The van der Waals surface area contributed by atoms with Gasteiger partial charge in [-0.1, -0.05) is 0 Å². The molecule has 2 aromatic rings. The van der Waals surface area contributed by atoms with E-state index in [-0.39, 0.29) is 12.4 Å². The van der Waals surface area contributed by atoms with Gasteiger partial charge in [0.2, 0.25) is 0 Å². The van der Waals surface area contributed by atoms with Crippen LogP contribution in [0.25, 0.3) is 11.2 Å². The van der Waals surface area contributed by atoms with Gasteiger partial charge in [-0.25, -0.2) is 15.0 Å². The van der Waals surface area contributed by atoms with Crippen LogP contribution in [0.5, 0.6) is 0 Å². The van der Waals surface area contributed by atoms with E-state index in [9.17, 15) is 9.90 Å². The topological polar surface area (TPSA) is 135 Å². The number of aromatic nitrogens is 4. The molecule has 10 nitrogen and oxygen atoms in total. The summed E-state index contributed by atoms with van der Waals surface area (Å²) in [5.41, 5.74) is 6.64. The number of nitrogen functional groups attached to an aromatic ring is 1. The van der Waals surface area contributed by atoms with E-state index in [1.165, 1.54) is 19.8 Å². The number of methoxy groups -OCH3 is 1. The molecule has 0 aromatic carbocycles. The number of hydrogen-bond acceptors (Lipinski definition) is 9. The van der Waals surface area contributed by atoms with Crippen LogP contribution < -0.4 is 5.73 Å². The summed E-state index contributed by atoms with van der Waals surface area (Å²) < 4.78 is 17.3. The molecule has 1 saturated heterocycles. The van der Waals surface area contributed by atoms with Crippen LogP contribution in [0, 0.1) is 0 Å². The highest BCUT2D eigenvalue weighted by Gasteiger charge is 2.46. The van der Waals surface area contributed by atoms with Crippen LogP contribution in [0.4, 0.5) is 5.82 Å². The highest BCUT2D eigenvalue weighted by Crippen LogP contribution is 2.33. The molecule has 1 aliphatic heterocycles. The van der Waals surface area contributed by atoms with Crippen LogP contribution in [-0.4, -0.2) is 63.1 Å². The smallest absolute Gasteiger partial charge is 0.293 e. The van der Waals surface area contributed by atoms with Gasteiger partial charge in [-0.15, -0.1) is 0 Å². The summed E-state index contributed by atoms with van der Waals surface area (Å²) in [6.07, 6.45) is -0.227. The average molecular weight is 309 g/mol. The van der Waals surface area contributed by atoms with Crippen LogP contribution in [-0.2, 0) is 19.0 Å². The summed E-state index contributed by atoms with van der Waals surface area (Å²) in [7, 11) is 1.45. The molecule has 3 rings (SSSR count). The van der Waals surface area contributed by atoms with Gasteiger partial charge in [0.1, 0.15) is 36.8 Å². The van der Waals surface area contributed by atoms with Gasteiger partial charge < -0.3 is 25.1 Å². The Hall–Kier alpha value is -2.30. The minimum atomic E-state index is -0.966. The normalized spacial score (nSPS) is 28.1. The van der Waals surface area contributed by atoms with Crippen LogP contribution >= 0.6 is 0 Å². The van der Waals surface area contributed by atoms with Crippen molar-refractivity contribution in [1.29, 1.82) is 0 Å². The zero-order valence-corrected chi connectivity index (χ0v) is 11.7. The maximum Gasteiger partial charge on any atom is 0.293 e. The van der Waals surface area contributed by atoms with Crippen molar-refractivity contribution >= 4 is 23.5 Å². The molecule has 0 saturated carbocycles. The largest absolute Gasteiger partial charge is 0.465 e. The summed E-state index contributed by atoms with van der Waals surface area (Å²) in [6.45, 7) is 0.219. The van der Waals surface area contributed by atoms with Gasteiger partial charge in [-0.3, -0.25) is 9.36 Å². The van der Waals surface area contributed by atoms with Crippen molar-refractivity contribution in [3.8, 4) is 0 Å². The lowest BCUT2D eigenvalue weighted by Gasteiger charge is -2.19. The second kappa shape index (κ2) is 5.83. The van der Waals surface area contributed by atoms with Gasteiger partial charge in [0.05, 0.1) is 6.33 Å². The lowest BCUT2D eigenvalue weighted by molar-refractivity contribution is -0.135. The van der Waals surface area contributed by atoms with E-state index < -0.39 is 24.5 Å². The van der Waals surface area contributed by atoms with Crippen molar-refractivity contribution in [3.05, 3.63) is 12.7 Å². The van der Waals surface area contributed by atoms with Crippen LogP contribution in [0.3, 0.4) is 0 Å². The maximum atomic E-state index is 10.3. The molecule has 3 heterocycles. The number of hydrogen-bond donors (Lipinski definition) is 2. The molecule has 4 atom stereocenters. The summed E-state index contributed by atoms with van der Waals surface area (Å²) >= 11 is 0. The van der Waals surface area contributed by atoms with Crippen LogP contribution in [0.2, 0.25) is 0 Å². The number of nitrogens with zero attached hydrogens (tertiary/aromatic N) is 4. The number of carbonyl (C=O) groups is 1. The van der Waals surface area contributed by atoms with Gasteiger partial charge in [-0.2, -0.15) is 0 Å². The fourth-order valence-electron chi connectivity index (χ4n) is 2.53. The Bertz CT molecular complexity index is 677. The van der Waals surface area contributed by atoms with Crippen molar-refractivity contribution < 1.29 is 24.1 Å². The summed E-state index contributed by atoms with van der Waals surface area (Å²) in [5, 5.41) is 10.2. The summed E-state index contributed by atoms with van der Waals surface area (Å²) in [4.78, 5) is 22.5. The van der Waals surface area contributed by atoms with Gasteiger partial charge in [0.25, 0.3) is 6.47 Å². The third-order valence-corrected chi connectivity index (χ3v) is 3.57. The van der Waals surface area contributed by atoms with E-state index in [1.54, 1.807) is 4.57 Å². The molecule has 3 N–H and O–H groups in total. The first-order chi connectivity index (χ1) is 10.7. The number of nitrogens with two attached hydrogens (primary N) is 1. The molecule has 22 heavy (non-hydrogen) atoms. The van der Waals surface area contributed by atoms with E-state index >= 15 is 0 Å². The monoisotopic (exact) mass is 309 g/mol. The molecule has 1 fully saturated rings. The molecular formula is C12H15N5O5. The van der Waals surface area contributed by atoms with Crippen LogP contribution in [0.1, 0.15) is 6.23 Å². The Balaban J connectivity index is 1.95. The maximum absolute atomic E-state index is 10.3. The molecule has 0 radical (unpaired) electrons. The minimum absolute atomic E-state index is 0.0786. The number of fused-ring (bicyclic) bond motifs is 1. The molecule has 118 valence electrons. The second-order valence-electron chi connectivity index (χ2n) is 4.77. The van der Waals surface area contributed by atoms with Crippen molar-refractivity contribution in [2.24, 2.45) is 0 Å². The highest BCUT2D eigenvalue weighted by atomic mass is 16.6. The molecule has 0 aliphatic carbocycles. The fourth-order valence-corrected chi connectivity index (χ4v) is 2.53. The first-order valence-corrected chi connectivity index (χ1v) is 6.52. The Morgan fingerprint density at radius 2 is 2.32 bits per heavy atom. The van der Waals surface area contributed by atoms with Gasteiger partial charge in [0.15, 0.2) is 17.7 Å². The Labute approximate surface area is 124 Å². The van der Waals surface area contributed by atoms with E-state index in [1.807, 2.05) is 0 Å². The predicted molar refractivity (Wildman–Crippen MR) is 72.5 cm³/mol. The Kier molecular flexibility index (Phi) is 3.88. The average Bonchev–Trinajstić information content (AvgIpc) is 3.07. The molecular weight excluding hydrogens is 294 g/mol. The third kappa shape index (κ3) is 2.26. The predicted octanol–water partition coefficient (Wildman–Crippen LogP) is -1.15. The van der Waals surface area contributed by atoms with Gasteiger partial charge in [0, 0.05) is 7.11 Å². The molecule has 1 aliphatic rings. The summed E-state index contributed by atoms with van der Waals surface area (Å²) in [5.74, 6) is 0.247. The first-order valence-electron chi connectivity index (χ1n) is 6.52. The van der Waals surface area contributed by atoms with E-state index in [0.29, 0.717) is 17.6 Å². The van der Waals surface area contributed by atoms with E-state index in [4.69, 9.17) is 15.2 Å². The van der Waals surface area contributed by atoms with Crippen molar-refractivity contribution in [3.63, 3.8) is 0 Å². The number of aliphatic hydroxyl groups excluding tert-OH is 1. The molecule has 4 unspecified atom stereocenters. The summed E-state index contributed by atoms with van der Waals surface area (Å²) in [6, 6.07) is 0. The number of ether oxygens (including phenoxy) is 3. The molecule has 2 aromatic heterocycles. The third-order valence-electron chi connectivity index (χ3n) is 3.57. The van der Waals surface area contributed by atoms with Gasteiger partial charge >= 0.3 is 0 Å². The number of carbonyl (C=O) groups excluding carboxylic acids is 1. The first kappa shape index (κ1) is 14.6. The quantitative estimate of drug-likeness (QED) is 0.656. The van der Waals surface area contributed by atoms with E-state index in [0.717, 1.165) is 0 Å².